The summed E-state index contributed by atoms with van der Waals surface area (Å²) in [4.78, 5) is 7.78. The van der Waals surface area contributed by atoms with Gasteiger partial charge < -0.3 is 5.32 Å². The molecular weight excluding hydrogens is 231 g/mol. The van der Waals surface area contributed by atoms with E-state index >= 15 is 0 Å². The van der Waals surface area contributed by atoms with Crippen molar-refractivity contribution in [3.63, 3.8) is 0 Å². The van der Waals surface area contributed by atoms with Crippen LogP contribution in [0.15, 0.2) is 6.07 Å². The van der Waals surface area contributed by atoms with Crippen molar-refractivity contribution in [3.8, 4) is 0 Å². The number of nitrogens with zero attached hydrogens (tertiary/aromatic N) is 2. The number of aromatic nitrogens is 2. The van der Waals surface area contributed by atoms with Gasteiger partial charge in [-0.2, -0.15) is 13.2 Å². The van der Waals surface area contributed by atoms with E-state index in [0.29, 0.717) is 11.5 Å². The normalized spacial score (nSPS) is 12.6. The topological polar surface area (TPSA) is 37.8 Å². The summed E-state index contributed by atoms with van der Waals surface area (Å²) < 4.78 is 36.9. The number of anilines is 1. The van der Waals surface area contributed by atoms with Gasteiger partial charge in [0.05, 0.1) is 5.69 Å². The lowest BCUT2D eigenvalue weighted by Crippen LogP contribution is -2.20. The zero-order valence-corrected chi connectivity index (χ0v) is 10.3. The maximum atomic E-state index is 12.3. The molecule has 17 heavy (non-hydrogen) atoms. The Morgan fingerprint density at radius 2 is 1.76 bits per heavy atom. The first-order valence-corrected chi connectivity index (χ1v) is 5.25. The van der Waals surface area contributed by atoms with Crippen LogP contribution >= 0.6 is 0 Å². The van der Waals surface area contributed by atoms with Gasteiger partial charge in [-0.15, -0.1) is 0 Å². The molecule has 0 unspecified atom stereocenters. The number of alkyl halides is 3. The zero-order valence-electron chi connectivity index (χ0n) is 10.3. The molecule has 0 aliphatic carbocycles. The summed E-state index contributed by atoms with van der Waals surface area (Å²) in [5.41, 5.74) is 0.283. The van der Waals surface area contributed by atoms with E-state index in [9.17, 15) is 13.2 Å². The summed E-state index contributed by atoms with van der Waals surface area (Å²) in [6.07, 6.45) is -5.40. The molecule has 0 amide bonds. The molecule has 1 N–H and O–H groups in total. The van der Waals surface area contributed by atoms with Crippen LogP contribution in [0.5, 0.6) is 0 Å². The predicted octanol–water partition coefficient (Wildman–Crippen LogP) is 2.92. The van der Waals surface area contributed by atoms with Crippen LogP contribution in [0.1, 0.15) is 32.3 Å². The molecule has 1 aromatic rings. The number of hydrogen-bond acceptors (Lipinski definition) is 3. The lowest BCUT2D eigenvalue weighted by atomic mass is 9.92. The largest absolute Gasteiger partial charge is 0.396 e. The summed E-state index contributed by atoms with van der Waals surface area (Å²) in [5.74, 6) is 0.207. The summed E-state index contributed by atoms with van der Waals surface area (Å²) in [6, 6.07) is 1.67. The highest BCUT2D eigenvalue weighted by molar-refractivity contribution is 5.37. The van der Waals surface area contributed by atoms with Gasteiger partial charge in [-0.3, -0.25) is 0 Å². The summed E-state index contributed by atoms with van der Waals surface area (Å²) in [6.45, 7) is 5.68. The fourth-order valence-electron chi connectivity index (χ4n) is 1.27. The van der Waals surface area contributed by atoms with Crippen LogP contribution in [0.2, 0.25) is 0 Å². The maximum absolute atomic E-state index is 12.3. The molecule has 96 valence electrons. The molecule has 1 heterocycles. The minimum Gasteiger partial charge on any atom is -0.373 e. The van der Waals surface area contributed by atoms with E-state index in [0.717, 1.165) is 0 Å². The van der Waals surface area contributed by atoms with Crippen molar-refractivity contribution >= 4 is 5.82 Å². The predicted molar refractivity (Wildman–Crippen MR) is 60.0 cm³/mol. The molecule has 0 atom stereocenters. The van der Waals surface area contributed by atoms with Crippen molar-refractivity contribution in [3.05, 3.63) is 17.6 Å². The Morgan fingerprint density at radius 1 is 1.18 bits per heavy atom. The Labute approximate surface area is 98.5 Å². The Balaban J connectivity index is 3.15. The van der Waals surface area contributed by atoms with E-state index in [1.807, 2.05) is 20.8 Å². The van der Waals surface area contributed by atoms with Gasteiger partial charge >= 0.3 is 6.18 Å². The number of halogens is 3. The molecule has 0 radical (unpaired) electrons. The van der Waals surface area contributed by atoms with Crippen LogP contribution in [0.3, 0.4) is 0 Å². The SMILES string of the molecule is CNc1cc(C(C)(C)C)nc(CC(F)(F)F)n1. The Morgan fingerprint density at radius 3 is 2.18 bits per heavy atom. The molecule has 0 fully saturated rings. The van der Waals surface area contributed by atoms with Crippen LogP contribution in [0.4, 0.5) is 19.0 Å². The van der Waals surface area contributed by atoms with Crippen molar-refractivity contribution in [2.45, 2.75) is 38.8 Å². The summed E-state index contributed by atoms with van der Waals surface area (Å²) in [5, 5.41) is 2.75. The third kappa shape index (κ3) is 4.20. The fraction of sp³-hybridized carbons (Fsp3) is 0.636. The highest BCUT2D eigenvalue weighted by Crippen LogP contribution is 2.25. The smallest absolute Gasteiger partial charge is 0.373 e. The lowest BCUT2D eigenvalue weighted by Gasteiger charge is -2.19. The third-order valence-corrected chi connectivity index (χ3v) is 2.16. The Hall–Kier alpha value is -1.33. The molecule has 0 spiro atoms. The van der Waals surface area contributed by atoms with Gasteiger partial charge in [-0.05, 0) is 0 Å². The zero-order chi connectivity index (χ0) is 13.3. The highest BCUT2D eigenvalue weighted by Gasteiger charge is 2.30. The molecular formula is C11H16F3N3. The van der Waals surface area contributed by atoms with Crippen LogP contribution < -0.4 is 5.32 Å². The maximum Gasteiger partial charge on any atom is 0.396 e. The molecule has 1 rings (SSSR count). The van der Waals surface area contributed by atoms with Crippen molar-refractivity contribution in [1.82, 2.24) is 9.97 Å². The second-order valence-electron chi connectivity index (χ2n) is 4.85. The molecule has 0 aliphatic heterocycles. The van der Waals surface area contributed by atoms with Crippen molar-refractivity contribution in [2.24, 2.45) is 0 Å². The van der Waals surface area contributed by atoms with Gasteiger partial charge in [0.25, 0.3) is 0 Å². The molecule has 0 saturated carbocycles. The summed E-state index contributed by atoms with van der Waals surface area (Å²) >= 11 is 0. The molecule has 0 aliphatic rings. The second-order valence-corrected chi connectivity index (χ2v) is 4.85. The third-order valence-electron chi connectivity index (χ3n) is 2.16. The quantitative estimate of drug-likeness (QED) is 0.873. The highest BCUT2D eigenvalue weighted by atomic mass is 19.4. The monoisotopic (exact) mass is 247 g/mol. The molecule has 0 aromatic carbocycles. The molecule has 6 heteroatoms. The lowest BCUT2D eigenvalue weighted by molar-refractivity contribution is -0.128. The average molecular weight is 247 g/mol. The van der Waals surface area contributed by atoms with Gasteiger partial charge in [0.15, 0.2) is 0 Å². The standard InChI is InChI=1S/C11H16F3N3/c1-10(2,3)7-5-8(15-4)17-9(16-7)6-11(12,13)14/h5H,6H2,1-4H3,(H,15,16,17). The Kier molecular flexibility index (Phi) is 3.64. The van der Waals surface area contributed by atoms with E-state index in [2.05, 4.69) is 15.3 Å². The van der Waals surface area contributed by atoms with Crippen LogP contribution in [-0.2, 0) is 11.8 Å². The summed E-state index contributed by atoms with van der Waals surface area (Å²) in [7, 11) is 1.62. The van der Waals surface area contributed by atoms with Crippen molar-refractivity contribution < 1.29 is 13.2 Å². The minimum atomic E-state index is -4.29. The van der Waals surface area contributed by atoms with E-state index in [1.54, 1.807) is 13.1 Å². The first-order chi connectivity index (χ1) is 7.62. The second kappa shape index (κ2) is 4.50. The van der Waals surface area contributed by atoms with Crippen LogP contribution in [0.25, 0.3) is 0 Å². The van der Waals surface area contributed by atoms with Gasteiger partial charge in [-0.1, -0.05) is 20.8 Å². The van der Waals surface area contributed by atoms with Gasteiger partial charge in [-0.25, -0.2) is 9.97 Å². The number of nitrogens with one attached hydrogen (secondary N) is 1. The van der Waals surface area contributed by atoms with E-state index < -0.39 is 12.6 Å². The first kappa shape index (κ1) is 13.7. The van der Waals surface area contributed by atoms with Gasteiger partial charge in [0.2, 0.25) is 0 Å². The van der Waals surface area contributed by atoms with E-state index in [-0.39, 0.29) is 11.2 Å². The van der Waals surface area contributed by atoms with Gasteiger partial charge in [0.1, 0.15) is 18.1 Å². The molecule has 0 saturated heterocycles. The molecule has 3 nitrogen and oxygen atoms in total. The van der Waals surface area contributed by atoms with E-state index in [4.69, 9.17) is 0 Å². The van der Waals surface area contributed by atoms with Crippen molar-refractivity contribution in [1.29, 1.82) is 0 Å². The molecule has 1 aromatic heterocycles. The minimum absolute atomic E-state index is 0.200. The first-order valence-electron chi connectivity index (χ1n) is 5.25. The fourth-order valence-corrected chi connectivity index (χ4v) is 1.27. The number of rotatable bonds is 2. The van der Waals surface area contributed by atoms with Gasteiger partial charge in [0, 0.05) is 18.5 Å². The van der Waals surface area contributed by atoms with Crippen molar-refractivity contribution in [2.75, 3.05) is 12.4 Å². The molecule has 0 bridgehead atoms. The van der Waals surface area contributed by atoms with E-state index in [1.165, 1.54) is 0 Å². The number of hydrogen-bond donors (Lipinski definition) is 1. The average Bonchev–Trinajstić information content (AvgIpc) is 2.13. The van der Waals surface area contributed by atoms with Crippen LogP contribution in [-0.4, -0.2) is 23.2 Å². The Bertz CT molecular complexity index is 394. The van der Waals surface area contributed by atoms with Crippen LogP contribution in [0, 0.1) is 0 Å².